The van der Waals surface area contributed by atoms with Crippen LogP contribution in [0.3, 0.4) is 0 Å². The number of halogens is 1. The number of amidine groups is 1. The van der Waals surface area contributed by atoms with Crippen LogP contribution in [0.1, 0.15) is 28.4 Å². The zero-order valence-corrected chi connectivity index (χ0v) is 23.8. The number of nitro groups is 1. The fourth-order valence-corrected chi connectivity index (χ4v) is 5.52. The maximum Gasteiger partial charge on any atom is 0.335 e. The second-order valence-electron chi connectivity index (χ2n) is 8.16. The largest absolute Gasteiger partial charge is 0.493 e. The molecule has 1 fully saturated rings. The molecule has 10 nitrogen and oxygen atoms in total. The number of nitro benzene ring substituents is 1. The summed E-state index contributed by atoms with van der Waals surface area (Å²) in [4.78, 5) is 41.3. The molecular formula is C27H22IN3O7S. The Labute approximate surface area is 241 Å². The van der Waals surface area contributed by atoms with E-state index in [4.69, 9.17) is 9.47 Å². The van der Waals surface area contributed by atoms with Crippen molar-refractivity contribution in [3.05, 3.63) is 95.9 Å². The molecule has 12 heteroatoms. The number of carboxylic acid groups (broad SMARTS) is 1. The number of ether oxygens (including phenoxy) is 2. The number of carbonyl (C=O) groups is 2. The van der Waals surface area contributed by atoms with Crippen molar-refractivity contribution in [1.82, 2.24) is 4.90 Å². The maximum atomic E-state index is 13.1. The second-order valence-corrected chi connectivity index (χ2v) is 10.3. The number of non-ortho nitro benzene ring substituents is 1. The second kappa shape index (κ2) is 12.3. The Morgan fingerprint density at radius 2 is 1.95 bits per heavy atom. The van der Waals surface area contributed by atoms with Gasteiger partial charge in [-0.05, 0) is 101 Å². The summed E-state index contributed by atoms with van der Waals surface area (Å²) in [6.45, 7) is 2.43. The normalized spacial score (nSPS) is 15.2. The minimum Gasteiger partial charge on any atom is -0.493 e. The maximum absolute atomic E-state index is 13.1. The summed E-state index contributed by atoms with van der Waals surface area (Å²) in [7, 11) is 1.52. The molecule has 0 unspecified atom stereocenters. The van der Waals surface area contributed by atoms with E-state index >= 15 is 0 Å². The Morgan fingerprint density at radius 1 is 1.21 bits per heavy atom. The Balaban J connectivity index is 1.57. The molecule has 3 aromatic carbocycles. The summed E-state index contributed by atoms with van der Waals surface area (Å²) in [6, 6.07) is 16.0. The highest BCUT2D eigenvalue weighted by Crippen LogP contribution is 2.38. The lowest BCUT2D eigenvalue weighted by molar-refractivity contribution is -0.384. The van der Waals surface area contributed by atoms with Crippen LogP contribution in [0.2, 0.25) is 0 Å². The molecule has 1 amide bonds. The fraction of sp³-hybridized carbons (Fsp3) is 0.148. The lowest BCUT2D eigenvalue weighted by Crippen LogP contribution is -2.28. The first-order valence-electron chi connectivity index (χ1n) is 11.6. The molecule has 0 aliphatic carbocycles. The molecule has 1 N–H and O–H groups in total. The smallest absolute Gasteiger partial charge is 0.335 e. The van der Waals surface area contributed by atoms with E-state index in [0.29, 0.717) is 33.8 Å². The van der Waals surface area contributed by atoms with Gasteiger partial charge < -0.3 is 14.6 Å². The van der Waals surface area contributed by atoms with E-state index in [2.05, 4.69) is 27.6 Å². The van der Waals surface area contributed by atoms with Crippen LogP contribution in [0, 0.1) is 13.7 Å². The fourth-order valence-electron chi connectivity index (χ4n) is 3.67. The number of amides is 1. The topological polar surface area (TPSA) is 132 Å². The van der Waals surface area contributed by atoms with Crippen molar-refractivity contribution >= 4 is 68.8 Å². The third-order valence-corrected chi connectivity index (χ3v) is 7.41. The van der Waals surface area contributed by atoms with Crippen molar-refractivity contribution in [1.29, 1.82) is 0 Å². The summed E-state index contributed by atoms with van der Waals surface area (Å²) >= 11 is 3.33. The highest BCUT2D eigenvalue weighted by atomic mass is 127. The summed E-state index contributed by atoms with van der Waals surface area (Å²) in [6.07, 6.45) is 1.75. The Morgan fingerprint density at radius 3 is 2.59 bits per heavy atom. The summed E-state index contributed by atoms with van der Waals surface area (Å²) in [5.41, 5.74) is 2.04. The zero-order chi connectivity index (χ0) is 28.1. The number of rotatable bonds is 9. The molecule has 0 atom stereocenters. The van der Waals surface area contributed by atoms with Gasteiger partial charge in [-0.3, -0.25) is 19.8 Å². The SMILES string of the molecule is CCN1C(=O)/C(=C/c2cc(I)c(OCc3ccc([N+](=O)[O-])cc3)c(OC)c2)SC1=Nc1cccc(C(=O)O)c1. The minimum atomic E-state index is -1.05. The summed E-state index contributed by atoms with van der Waals surface area (Å²) in [5, 5.41) is 20.6. The van der Waals surface area contributed by atoms with E-state index in [0.717, 1.165) is 14.7 Å². The highest BCUT2D eigenvalue weighted by molar-refractivity contribution is 14.1. The third-order valence-electron chi connectivity index (χ3n) is 5.60. The van der Waals surface area contributed by atoms with E-state index in [-0.39, 0.29) is 23.8 Å². The monoisotopic (exact) mass is 659 g/mol. The number of carboxylic acids is 1. The van der Waals surface area contributed by atoms with Gasteiger partial charge in [-0.15, -0.1) is 0 Å². The molecule has 39 heavy (non-hydrogen) atoms. The van der Waals surface area contributed by atoms with Crippen LogP contribution < -0.4 is 9.47 Å². The van der Waals surface area contributed by atoms with Gasteiger partial charge in [0.2, 0.25) is 0 Å². The van der Waals surface area contributed by atoms with Crippen molar-refractivity contribution in [3.63, 3.8) is 0 Å². The number of thioether (sulfide) groups is 1. The first-order chi connectivity index (χ1) is 18.7. The molecule has 0 aromatic heterocycles. The van der Waals surface area contributed by atoms with E-state index in [1.807, 2.05) is 13.0 Å². The summed E-state index contributed by atoms with van der Waals surface area (Å²) in [5.74, 6) is -0.274. The molecule has 0 radical (unpaired) electrons. The molecule has 200 valence electrons. The third kappa shape index (κ3) is 6.57. The average molecular weight is 659 g/mol. The number of aliphatic imine (C=N–C) groups is 1. The number of carbonyl (C=O) groups excluding carboxylic acids is 1. The molecule has 0 saturated carbocycles. The number of hydrogen-bond acceptors (Lipinski definition) is 8. The van der Waals surface area contributed by atoms with Gasteiger partial charge in [-0.2, -0.15) is 0 Å². The number of methoxy groups -OCH3 is 1. The van der Waals surface area contributed by atoms with Crippen LogP contribution in [-0.2, 0) is 11.4 Å². The van der Waals surface area contributed by atoms with Crippen molar-refractivity contribution in [2.75, 3.05) is 13.7 Å². The van der Waals surface area contributed by atoms with Crippen LogP contribution in [-0.4, -0.2) is 45.6 Å². The first-order valence-corrected chi connectivity index (χ1v) is 13.5. The van der Waals surface area contributed by atoms with Gasteiger partial charge in [0, 0.05) is 18.7 Å². The van der Waals surface area contributed by atoms with Gasteiger partial charge >= 0.3 is 5.97 Å². The molecule has 1 aliphatic heterocycles. The molecule has 3 aromatic rings. The number of benzene rings is 3. The van der Waals surface area contributed by atoms with Gasteiger partial charge in [0.1, 0.15) is 6.61 Å². The number of nitrogens with zero attached hydrogens (tertiary/aromatic N) is 3. The van der Waals surface area contributed by atoms with Crippen molar-refractivity contribution in [2.45, 2.75) is 13.5 Å². The van der Waals surface area contributed by atoms with Gasteiger partial charge in [0.25, 0.3) is 11.6 Å². The van der Waals surface area contributed by atoms with Crippen molar-refractivity contribution in [3.8, 4) is 11.5 Å². The van der Waals surface area contributed by atoms with E-state index < -0.39 is 10.9 Å². The number of hydrogen-bond donors (Lipinski definition) is 1. The van der Waals surface area contributed by atoms with Crippen LogP contribution in [0.25, 0.3) is 6.08 Å². The molecule has 1 aliphatic rings. The zero-order valence-electron chi connectivity index (χ0n) is 20.8. The van der Waals surface area contributed by atoms with E-state index in [9.17, 15) is 24.8 Å². The Bertz CT molecular complexity index is 1510. The molecule has 1 heterocycles. The minimum absolute atomic E-state index is 0.00579. The molecular weight excluding hydrogens is 637 g/mol. The van der Waals surface area contributed by atoms with Crippen molar-refractivity contribution in [2.24, 2.45) is 4.99 Å². The Hall–Kier alpha value is -3.91. The standard InChI is InChI=1S/C27H22IN3O7S/c1-3-30-25(32)23(39-27(30)29-19-6-4-5-18(14-19)26(33)34)13-17-11-21(28)24(22(12-17)37-2)38-15-16-7-9-20(10-8-16)31(35)36/h4-14H,3,15H2,1-2H3,(H,33,34)/b23-13-,29-27?. The van der Waals surface area contributed by atoms with Gasteiger partial charge in [0.15, 0.2) is 16.7 Å². The predicted octanol–water partition coefficient (Wildman–Crippen LogP) is 6.11. The van der Waals surface area contributed by atoms with Crippen LogP contribution in [0.4, 0.5) is 11.4 Å². The van der Waals surface area contributed by atoms with E-state index in [1.165, 1.54) is 48.0 Å². The lowest BCUT2D eigenvalue weighted by Gasteiger charge is -2.14. The molecule has 0 spiro atoms. The van der Waals surface area contributed by atoms with Gasteiger partial charge in [-0.25, -0.2) is 9.79 Å². The van der Waals surface area contributed by atoms with Crippen LogP contribution in [0.15, 0.2) is 70.6 Å². The lowest BCUT2D eigenvalue weighted by atomic mass is 10.1. The van der Waals surface area contributed by atoms with Gasteiger partial charge in [-0.1, -0.05) is 6.07 Å². The molecule has 0 bridgehead atoms. The molecule has 1 saturated heterocycles. The Kier molecular flexibility index (Phi) is 8.86. The van der Waals surface area contributed by atoms with Crippen LogP contribution >= 0.6 is 34.4 Å². The quantitative estimate of drug-likeness (QED) is 0.126. The van der Waals surface area contributed by atoms with E-state index in [1.54, 1.807) is 36.4 Å². The highest BCUT2D eigenvalue weighted by Gasteiger charge is 2.32. The molecule has 4 rings (SSSR count). The average Bonchev–Trinajstić information content (AvgIpc) is 3.21. The van der Waals surface area contributed by atoms with Gasteiger partial charge in [0.05, 0.1) is 31.8 Å². The number of likely N-dealkylation sites (N-methyl/N-ethyl adjacent to an activating group) is 1. The first kappa shape index (κ1) is 28.1. The predicted molar refractivity (Wildman–Crippen MR) is 157 cm³/mol. The van der Waals surface area contributed by atoms with Crippen molar-refractivity contribution < 1.29 is 29.1 Å². The summed E-state index contributed by atoms with van der Waals surface area (Å²) < 4.78 is 12.3. The van der Waals surface area contributed by atoms with Crippen LogP contribution in [0.5, 0.6) is 11.5 Å². The number of aromatic carboxylic acids is 1.